The third kappa shape index (κ3) is 3.34. The molecule has 1 nitrogen and oxygen atoms in total. The van der Waals surface area contributed by atoms with Gasteiger partial charge in [0.05, 0.1) is 14.1 Å². The maximum atomic E-state index is 4.95. The zero-order valence-corrected chi connectivity index (χ0v) is 8.43. The van der Waals surface area contributed by atoms with Gasteiger partial charge < -0.3 is 0 Å². The van der Waals surface area contributed by atoms with E-state index in [4.69, 9.17) is 12.2 Å². The minimum absolute atomic E-state index is 0.633. The Balaban J connectivity index is 4.13. The minimum atomic E-state index is 0.633. The van der Waals surface area contributed by atoms with Crippen LogP contribution in [-0.2, 0) is 0 Å². The Bertz CT molecular complexity index is 161. The van der Waals surface area contributed by atoms with Crippen molar-refractivity contribution in [1.29, 1.82) is 0 Å². The van der Waals surface area contributed by atoms with Crippen LogP contribution in [0, 0.1) is 0 Å². The molecule has 0 aliphatic heterocycles. The molecule has 0 radical (unpaired) electrons. The number of hydrogen-bond donors (Lipinski definition) is 1. The Hall–Kier alpha value is 0.140. The van der Waals surface area contributed by atoms with Gasteiger partial charge in [-0.05, 0) is 24.7 Å². The molecule has 0 unspecified atom stereocenters. The predicted molar refractivity (Wildman–Crippen MR) is 53.4 cm³/mol. The molecule has 0 aliphatic rings. The molecule has 3 heteroatoms. The van der Waals surface area contributed by atoms with E-state index in [2.05, 4.69) is 19.2 Å². The zero-order chi connectivity index (χ0) is 8.36. The highest BCUT2D eigenvalue weighted by Crippen LogP contribution is 2.06. The molecule has 0 atom stereocenters. The monoisotopic (exact) mass is 176 g/mol. The fourth-order valence-electron chi connectivity index (χ4n) is 0.742. The van der Waals surface area contributed by atoms with Crippen LogP contribution in [0.5, 0.6) is 0 Å². The summed E-state index contributed by atoms with van der Waals surface area (Å²) in [5, 5.41) is 0. The van der Waals surface area contributed by atoms with Gasteiger partial charge in [-0.3, -0.25) is 4.48 Å². The average molecular weight is 176 g/mol. The highest BCUT2D eigenvalue weighted by atomic mass is 32.1. The summed E-state index contributed by atoms with van der Waals surface area (Å²) in [6.45, 7) is 6.67. The standard InChI is InChI=1S/C7H13NS2/c1-6(2)5-8(3,4)7(9)10/h1,5H2,2-4H3/p+1. The molecule has 0 aromatic heterocycles. The maximum absolute atomic E-state index is 4.95. The topological polar surface area (TPSA) is 0 Å². The largest absolute Gasteiger partial charge is 0.277 e. The van der Waals surface area contributed by atoms with E-state index in [0.29, 0.717) is 8.80 Å². The Morgan fingerprint density at radius 1 is 1.60 bits per heavy atom. The predicted octanol–water partition coefficient (Wildman–Crippen LogP) is 1.85. The van der Waals surface area contributed by atoms with E-state index in [-0.39, 0.29) is 0 Å². The second-order valence-electron chi connectivity index (χ2n) is 3.08. The van der Waals surface area contributed by atoms with Gasteiger partial charge in [-0.1, -0.05) is 19.2 Å². The number of thiol groups is 1. The molecule has 0 heterocycles. The summed E-state index contributed by atoms with van der Waals surface area (Å²) in [6, 6.07) is 0. The number of quaternary nitrogens is 1. The first kappa shape index (κ1) is 10.1. The summed E-state index contributed by atoms with van der Waals surface area (Å²) in [6.07, 6.45) is 0. The van der Waals surface area contributed by atoms with Crippen LogP contribution in [0.25, 0.3) is 0 Å². The van der Waals surface area contributed by atoms with Crippen molar-refractivity contribution in [2.45, 2.75) is 6.92 Å². The van der Waals surface area contributed by atoms with Crippen molar-refractivity contribution in [3.8, 4) is 0 Å². The minimum Gasteiger partial charge on any atom is -0.277 e. The van der Waals surface area contributed by atoms with Crippen molar-refractivity contribution in [2.75, 3.05) is 20.6 Å². The molecule has 0 bridgehead atoms. The van der Waals surface area contributed by atoms with Gasteiger partial charge in [0.25, 0.3) is 0 Å². The Kier molecular flexibility index (Phi) is 3.56. The second-order valence-corrected chi connectivity index (χ2v) is 4.20. The van der Waals surface area contributed by atoms with Gasteiger partial charge in [0.1, 0.15) is 6.54 Å². The van der Waals surface area contributed by atoms with Gasteiger partial charge in [0, 0.05) is 0 Å². The molecule has 58 valence electrons. The van der Waals surface area contributed by atoms with E-state index in [0.717, 1.165) is 12.1 Å². The molecule has 0 saturated heterocycles. The fraction of sp³-hybridized carbons (Fsp3) is 0.571. The molecule has 0 rings (SSSR count). The molecule has 10 heavy (non-hydrogen) atoms. The average Bonchev–Trinajstić information content (AvgIpc) is 1.60. The van der Waals surface area contributed by atoms with Gasteiger partial charge in [-0.25, -0.2) is 0 Å². The van der Waals surface area contributed by atoms with E-state index in [1.54, 1.807) is 0 Å². The summed E-state index contributed by atoms with van der Waals surface area (Å²) in [5.74, 6) is 0. The summed E-state index contributed by atoms with van der Waals surface area (Å²) in [7, 11) is 4.04. The van der Waals surface area contributed by atoms with Crippen LogP contribution in [0.4, 0.5) is 0 Å². The number of nitrogens with zero attached hydrogens (tertiary/aromatic N) is 1. The van der Waals surface area contributed by atoms with Gasteiger partial charge in [-0.2, -0.15) is 0 Å². The third-order valence-electron chi connectivity index (χ3n) is 1.18. The SMILES string of the molecule is C=C(C)C[N+](C)(C)C(=S)S. The smallest absolute Gasteiger partial charge is 0.230 e. The molecule has 0 aliphatic carbocycles. The van der Waals surface area contributed by atoms with E-state index in [1.807, 2.05) is 21.0 Å². The van der Waals surface area contributed by atoms with E-state index < -0.39 is 0 Å². The van der Waals surface area contributed by atoms with Crippen LogP contribution in [0.15, 0.2) is 12.2 Å². The summed E-state index contributed by atoms with van der Waals surface area (Å²) in [4.78, 5) is 0. The first-order chi connectivity index (χ1) is 4.36. The van der Waals surface area contributed by atoms with Gasteiger partial charge >= 0.3 is 0 Å². The van der Waals surface area contributed by atoms with Crippen molar-refractivity contribution >= 4 is 29.2 Å². The normalized spacial score (nSPS) is 11.2. The molecule has 0 spiro atoms. The molecule has 0 aromatic rings. The van der Waals surface area contributed by atoms with Crippen molar-refractivity contribution in [1.82, 2.24) is 0 Å². The van der Waals surface area contributed by atoms with Crippen molar-refractivity contribution < 1.29 is 4.48 Å². The van der Waals surface area contributed by atoms with Crippen LogP contribution >= 0.6 is 24.8 Å². The fourth-order valence-corrected chi connectivity index (χ4v) is 0.878. The van der Waals surface area contributed by atoms with Gasteiger partial charge in [0.2, 0.25) is 4.32 Å². The first-order valence-corrected chi connectivity index (χ1v) is 3.92. The number of likely N-dealkylation sites (N-methyl/N-ethyl adjacent to an activating group) is 1. The molecule has 0 saturated carbocycles. The van der Waals surface area contributed by atoms with E-state index >= 15 is 0 Å². The van der Waals surface area contributed by atoms with Crippen LogP contribution in [-0.4, -0.2) is 29.4 Å². The lowest BCUT2D eigenvalue weighted by atomic mass is 10.3. The highest BCUT2D eigenvalue weighted by Gasteiger charge is 2.18. The van der Waals surface area contributed by atoms with Crippen molar-refractivity contribution in [3.05, 3.63) is 12.2 Å². The Morgan fingerprint density at radius 2 is 2.00 bits per heavy atom. The molecule has 0 amide bonds. The van der Waals surface area contributed by atoms with Crippen molar-refractivity contribution in [3.63, 3.8) is 0 Å². The lowest BCUT2D eigenvalue weighted by molar-refractivity contribution is -0.787. The van der Waals surface area contributed by atoms with Gasteiger partial charge in [-0.15, -0.1) is 0 Å². The van der Waals surface area contributed by atoms with Gasteiger partial charge in [0.15, 0.2) is 0 Å². The number of thiocarbonyl (C=S) groups is 1. The van der Waals surface area contributed by atoms with Crippen LogP contribution < -0.4 is 0 Å². The molecular formula is C7H14NS2+. The zero-order valence-electron chi connectivity index (χ0n) is 6.72. The van der Waals surface area contributed by atoms with Crippen molar-refractivity contribution in [2.24, 2.45) is 0 Å². The lowest BCUT2D eigenvalue weighted by Gasteiger charge is -2.26. The summed E-state index contributed by atoms with van der Waals surface area (Å²) < 4.78 is 1.33. The number of rotatable bonds is 2. The highest BCUT2D eigenvalue weighted by molar-refractivity contribution is 8.10. The maximum Gasteiger partial charge on any atom is 0.230 e. The first-order valence-electron chi connectivity index (χ1n) is 3.07. The lowest BCUT2D eigenvalue weighted by Crippen LogP contribution is -2.42. The molecule has 0 aromatic carbocycles. The third-order valence-corrected chi connectivity index (χ3v) is 2.22. The number of hydrogen-bond acceptors (Lipinski definition) is 1. The molecule has 0 fully saturated rings. The van der Waals surface area contributed by atoms with Crippen LogP contribution in [0.3, 0.4) is 0 Å². The van der Waals surface area contributed by atoms with E-state index in [1.165, 1.54) is 0 Å². The van der Waals surface area contributed by atoms with Crippen LogP contribution in [0.2, 0.25) is 0 Å². The van der Waals surface area contributed by atoms with E-state index in [9.17, 15) is 0 Å². The summed E-state index contributed by atoms with van der Waals surface area (Å²) in [5.41, 5.74) is 1.13. The Labute approximate surface area is 73.7 Å². The molecule has 0 N–H and O–H groups in total. The summed E-state index contributed by atoms with van der Waals surface area (Å²) >= 11 is 9.06. The van der Waals surface area contributed by atoms with Crippen LogP contribution in [0.1, 0.15) is 6.92 Å². The quantitative estimate of drug-likeness (QED) is 0.290. The Morgan fingerprint density at radius 3 is 2.10 bits per heavy atom. The molecular weight excluding hydrogens is 162 g/mol. The second kappa shape index (κ2) is 3.51.